The topological polar surface area (TPSA) is 90.7 Å². The van der Waals surface area contributed by atoms with Crippen molar-refractivity contribution < 1.29 is 20.1 Å². The van der Waals surface area contributed by atoms with Crippen LogP contribution >= 0.6 is 23.2 Å². The van der Waals surface area contributed by atoms with Crippen LogP contribution in [-0.2, 0) is 4.79 Å². The van der Waals surface area contributed by atoms with Gasteiger partial charge < -0.3 is 15.3 Å². The SMILES string of the molecule is O=C(O)CC(O)C(O)c1cnc(Cl)c(Cl)c1. The molecule has 0 fully saturated rings. The third kappa shape index (κ3) is 3.31. The van der Waals surface area contributed by atoms with Crippen molar-refractivity contribution in [2.45, 2.75) is 18.6 Å². The number of hydrogen-bond acceptors (Lipinski definition) is 4. The monoisotopic (exact) mass is 265 g/mol. The van der Waals surface area contributed by atoms with Gasteiger partial charge in [-0.1, -0.05) is 23.2 Å². The minimum Gasteiger partial charge on any atom is -0.481 e. The van der Waals surface area contributed by atoms with Crippen LogP contribution in [0.15, 0.2) is 12.3 Å². The molecule has 0 saturated heterocycles. The highest BCUT2D eigenvalue weighted by molar-refractivity contribution is 6.41. The van der Waals surface area contributed by atoms with Crippen LogP contribution in [0.3, 0.4) is 0 Å². The highest BCUT2D eigenvalue weighted by atomic mass is 35.5. The average molecular weight is 266 g/mol. The van der Waals surface area contributed by atoms with E-state index in [1.807, 2.05) is 0 Å². The molecule has 0 aliphatic heterocycles. The maximum atomic E-state index is 10.3. The van der Waals surface area contributed by atoms with E-state index in [2.05, 4.69) is 4.98 Å². The molecule has 2 atom stereocenters. The molecule has 0 bridgehead atoms. The molecule has 0 saturated carbocycles. The number of halogens is 2. The van der Waals surface area contributed by atoms with Crippen LogP contribution in [0.25, 0.3) is 0 Å². The number of aliphatic hydroxyl groups excluding tert-OH is 2. The van der Waals surface area contributed by atoms with Gasteiger partial charge in [0.15, 0.2) is 0 Å². The summed E-state index contributed by atoms with van der Waals surface area (Å²) in [6.07, 6.45) is -2.12. The summed E-state index contributed by atoms with van der Waals surface area (Å²) < 4.78 is 0. The van der Waals surface area contributed by atoms with E-state index in [0.717, 1.165) is 0 Å². The predicted octanol–water partition coefficient (Wildman–Crippen LogP) is 1.26. The van der Waals surface area contributed by atoms with Gasteiger partial charge in [0.25, 0.3) is 0 Å². The number of aliphatic hydroxyl groups is 2. The zero-order chi connectivity index (χ0) is 12.3. The summed E-state index contributed by atoms with van der Waals surface area (Å²) in [5.74, 6) is -1.21. The van der Waals surface area contributed by atoms with Gasteiger partial charge in [0.05, 0.1) is 17.5 Å². The van der Waals surface area contributed by atoms with Gasteiger partial charge >= 0.3 is 5.97 Å². The lowest BCUT2D eigenvalue weighted by atomic mass is 10.0. The third-order valence-electron chi connectivity index (χ3n) is 1.91. The molecule has 2 unspecified atom stereocenters. The van der Waals surface area contributed by atoms with Gasteiger partial charge in [-0.05, 0) is 6.07 Å². The van der Waals surface area contributed by atoms with Gasteiger partial charge in [0.1, 0.15) is 11.3 Å². The quantitative estimate of drug-likeness (QED) is 0.713. The van der Waals surface area contributed by atoms with E-state index in [-0.39, 0.29) is 15.7 Å². The molecule has 0 aliphatic rings. The highest BCUT2D eigenvalue weighted by Gasteiger charge is 2.22. The lowest BCUT2D eigenvalue weighted by Crippen LogP contribution is -2.21. The molecule has 1 rings (SSSR count). The van der Waals surface area contributed by atoms with Gasteiger partial charge in [0.2, 0.25) is 0 Å². The Balaban J connectivity index is 2.83. The summed E-state index contributed by atoms with van der Waals surface area (Å²) >= 11 is 11.2. The van der Waals surface area contributed by atoms with E-state index in [0.29, 0.717) is 0 Å². The van der Waals surface area contributed by atoms with Crippen LogP contribution in [0, 0.1) is 0 Å². The fraction of sp³-hybridized carbons (Fsp3) is 0.333. The Morgan fingerprint density at radius 3 is 2.56 bits per heavy atom. The van der Waals surface area contributed by atoms with Crippen molar-refractivity contribution in [3.8, 4) is 0 Å². The number of pyridine rings is 1. The standard InChI is InChI=1S/C9H9Cl2NO4/c10-5-1-4(3-12-9(5)11)8(16)6(13)2-7(14)15/h1,3,6,8,13,16H,2H2,(H,14,15). The number of carboxylic acids is 1. The first-order chi connectivity index (χ1) is 7.41. The molecular formula is C9H9Cl2NO4. The van der Waals surface area contributed by atoms with Gasteiger partial charge in [-0.15, -0.1) is 0 Å². The first kappa shape index (κ1) is 13.2. The average Bonchev–Trinajstić information content (AvgIpc) is 2.20. The lowest BCUT2D eigenvalue weighted by Gasteiger charge is -2.16. The number of hydrogen-bond donors (Lipinski definition) is 3. The molecule has 0 amide bonds. The Bertz CT molecular complexity index is 399. The van der Waals surface area contributed by atoms with Crippen molar-refractivity contribution in [2.75, 3.05) is 0 Å². The van der Waals surface area contributed by atoms with Gasteiger partial charge in [-0.3, -0.25) is 4.79 Å². The Labute approximate surface area is 101 Å². The normalized spacial score (nSPS) is 14.5. The van der Waals surface area contributed by atoms with Crippen LogP contribution in [0.5, 0.6) is 0 Å². The Hall–Kier alpha value is -0.880. The lowest BCUT2D eigenvalue weighted by molar-refractivity contribution is -0.141. The van der Waals surface area contributed by atoms with Crippen molar-refractivity contribution in [2.24, 2.45) is 0 Å². The number of nitrogens with zero attached hydrogens (tertiary/aromatic N) is 1. The van der Waals surface area contributed by atoms with Crippen LogP contribution < -0.4 is 0 Å². The van der Waals surface area contributed by atoms with E-state index >= 15 is 0 Å². The molecule has 7 heteroatoms. The molecular weight excluding hydrogens is 257 g/mol. The second-order valence-electron chi connectivity index (χ2n) is 3.15. The molecule has 0 aromatic carbocycles. The van der Waals surface area contributed by atoms with Gasteiger partial charge in [0, 0.05) is 11.8 Å². The van der Waals surface area contributed by atoms with E-state index < -0.39 is 24.6 Å². The van der Waals surface area contributed by atoms with Crippen LogP contribution in [0.4, 0.5) is 0 Å². The minimum absolute atomic E-state index is 0.0744. The van der Waals surface area contributed by atoms with Crippen LogP contribution in [0.1, 0.15) is 18.1 Å². The van der Waals surface area contributed by atoms with E-state index in [1.165, 1.54) is 12.3 Å². The molecule has 5 nitrogen and oxygen atoms in total. The van der Waals surface area contributed by atoms with Crippen LogP contribution in [-0.4, -0.2) is 32.4 Å². The summed E-state index contributed by atoms with van der Waals surface area (Å²) in [6, 6.07) is 1.33. The number of carbonyl (C=O) groups is 1. The largest absolute Gasteiger partial charge is 0.481 e. The van der Waals surface area contributed by atoms with E-state index in [1.54, 1.807) is 0 Å². The molecule has 1 aromatic heterocycles. The molecule has 1 aromatic rings. The fourth-order valence-corrected chi connectivity index (χ4v) is 1.39. The summed E-state index contributed by atoms with van der Waals surface area (Å²) in [5.41, 5.74) is 0.211. The number of aromatic nitrogens is 1. The van der Waals surface area contributed by atoms with Gasteiger partial charge in [-0.2, -0.15) is 0 Å². The summed E-state index contributed by atoms with van der Waals surface area (Å²) in [4.78, 5) is 14.0. The summed E-state index contributed by atoms with van der Waals surface area (Å²) in [7, 11) is 0. The molecule has 1 heterocycles. The minimum atomic E-state index is -1.42. The molecule has 16 heavy (non-hydrogen) atoms. The van der Waals surface area contributed by atoms with E-state index in [9.17, 15) is 15.0 Å². The second-order valence-corrected chi connectivity index (χ2v) is 3.92. The van der Waals surface area contributed by atoms with Crippen molar-refractivity contribution >= 4 is 29.2 Å². The second kappa shape index (κ2) is 5.45. The summed E-state index contributed by atoms with van der Waals surface area (Å²) in [6.45, 7) is 0. The molecule has 0 aliphatic carbocycles. The third-order valence-corrected chi connectivity index (χ3v) is 2.59. The highest BCUT2D eigenvalue weighted by Crippen LogP contribution is 2.25. The van der Waals surface area contributed by atoms with Crippen molar-refractivity contribution in [3.63, 3.8) is 0 Å². The van der Waals surface area contributed by atoms with E-state index in [4.69, 9.17) is 28.3 Å². The smallest absolute Gasteiger partial charge is 0.306 e. The number of aliphatic carboxylic acids is 1. The van der Waals surface area contributed by atoms with Crippen molar-refractivity contribution in [1.82, 2.24) is 4.98 Å². The summed E-state index contributed by atoms with van der Waals surface area (Å²) in [5, 5.41) is 27.6. The van der Waals surface area contributed by atoms with Crippen LogP contribution in [0.2, 0.25) is 10.2 Å². The Kier molecular flexibility index (Phi) is 4.49. The predicted molar refractivity (Wildman–Crippen MR) is 57.5 cm³/mol. The van der Waals surface area contributed by atoms with Crippen molar-refractivity contribution in [3.05, 3.63) is 28.0 Å². The van der Waals surface area contributed by atoms with Gasteiger partial charge in [-0.25, -0.2) is 4.98 Å². The number of carboxylic acid groups (broad SMARTS) is 1. The molecule has 0 radical (unpaired) electrons. The maximum Gasteiger partial charge on any atom is 0.306 e. The fourth-order valence-electron chi connectivity index (χ4n) is 1.11. The molecule has 88 valence electrons. The molecule has 3 N–H and O–H groups in total. The number of rotatable bonds is 4. The zero-order valence-corrected chi connectivity index (χ0v) is 9.48. The Morgan fingerprint density at radius 1 is 1.44 bits per heavy atom. The first-order valence-electron chi connectivity index (χ1n) is 4.30. The zero-order valence-electron chi connectivity index (χ0n) is 7.97. The Morgan fingerprint density at radius 2 is 2.06 bits per heavy atom. The molecule has 0 spiro atoms. The maximum absolute atomic E-state index is 10.3. The first-order valence-corrected chi connectivity index (χ1v) is 5.06. The van der Waals surface area contributed by atoms with Crippen molar-refractivity contribution in [1.29, 1.82) is 0 Å².